The van der Waals surface area contributed by atoms with Crippen molar-refractivity contribution in [3.63, 3.8) is 0 Å². The van der Waals surface area contributed by atoms with Gasteiger partial charge in [0.15, 0.2) is 5.82 Å². The first-order valence-corrected chi connectivity index (χ1v) is 9.91. The number of amides is 1. The van der Waals surface area contributed by atoms with Crippen molar-refractivity contribution in [2.24, 2.45) is 0 Å². The fourth-order valence-corrected chi connectivity index (χ4v) is 3.42. The van der Waals surface area contributed by atoms with Gasteiger partial charge >= 0.3 is 0 Å². The molecule has 30 heavy (non-hydrogen) atoms. The highest BCUT2D eigenvalue weighted by molar-refractivity contribution is 5.93. The molecule has 2 heterocycles. The van der Waals surface area contributed by atoms with E-state index in [-0.39, 0.29) is 12.3 Å². The second kappa shape index (κ2) is 9.37. The quantitative estimate of drug-likeness (QED) is 0.680. The Morgan fingerprint density at radius 1 is 1.07 bits per heavy atom. The van der Waals surface area contributed by atoms with E-state index in [1.54, 1.807) is 7.11 Å². The van der Waals surface area contributed by atoms with E-state index in [9.17, 15) is 4.79 Å². The maximum Gasteiger partial charge on any atom is 0.228 e. The molecule has 0 unspecified atom stereocenters. The molecule has 7 nitrogen and oxygen atoms in total. The molecule has 0 atom stereocenters. The second-order valence-electron chi connectivity index (χ2n) is 6.99. The van der Waals surface area contributed by atoms with E-state index in [1.165, 1.54) is 0 Å². The number of carbonyl (C=O) groups excluding carboxylic acids is 1. The van der Waals surface area contributed by atoms with Gasteiger partial charge in [-0.15, -0.1) is 10.2 Å². The van der Waals surface area contributed by atoms with E-state index < -0.39 is 0 Å². The summed E-state index contributed by atoms with van der Waals surface area (Å²) in [6.07, 6.45) is 0.238. The molecular weight excluding hydrogens is 380 g/mol. The molecule has 1 aliphatic rings. The highest BCUT2D eigenvalue weighted by Gasteiger charge is 2.13. The van der Waals surface area contributed by atoms with Crippen LogP contribution in [0.25, 0.3) is 11.3 Å². The average molecular weight is 404 g/mol. The first kappa shape index (κ1) is 19.8. The highest BCUT2D eigenvalue weighted by Crippen LogP contribution is 2.23. The fraction of sp³-hybridized carbons (Fsp3) is 0.261. The van der Waals surface area contributed by atoms with Gasteiger partial charge in [0.05, 0.1) is 32.4 Å². The van der Waals surface area contributed by atoms with E-state index in [4.69, 9.17) is 9.47 Å². The van der Waals surface area contributed by atoms with Crippen LogP contribution in [0.15, 0.2) is 60.7 Å². The van der Waals surface area contributed by atoms with Gasteiger partial charge < -0.3 is 19.7 Å². The molecule has 7 heteroatoms. The third kappa shape index (κ3) is 4.75. The first-order chi connectivity index (χ1) is 14.7. The predicted octanol–water partition coefficient (Wildman–Crippen LogP) is 3.17. The normalized spacial score (nSPS) is 13.7. The monoisotopic (exact) mass is 404 g/mol. The Bertz CT molecular complexity index is 1000. The van der Waals surface area contributed by atoms with Crippen molar-refractivity contribution >= 4 is 17.4 Å². The van der Waals surface area contributed by atoms with Crippen LogP contribution in [0.1, 0.15) is 5.56 Å². The molecule has 2 aromatic carbocycles. The number of nitrogens with one attached hydrogen (secondary N) is 1. The van der Waals surface area contributed by atoms with Gasteiger partial charge in [0.25, 0.3) is 0 Å². The van der Waals surface area contributed by atoms with Gasteiger partial charge in [-0.05, 0) is 30.3 Å². The summed E-state index contributed by atoms with van der Waals surface area (Å²) in [5, 5.41) is 11.7. The van der Waals surface area contributed by atoms with Gasteiger partial charge in [-0.25, -0.2) is 0 Å². The van der Waals surface area contributed by atoms with Crippen LogP contribution in [0.5, 0.6) is 5.75 Å². The van der Waals surface area contributed by atoms with Crippen LogP contribution in [0, 0.1) is 0 Å². The Morgan fingerprint density at radius 3 is 2.67 bits per heavy atom. The first-order valence-electron chi connectivity index (χ1n) is 9.91. The highest BCUT2D eigenvalue weighted by atomic mass is 16.5. The van der Waals surface area contributed by atoms with Crippen LogP contribution in [0.4, 0.5) is 11.5 Å². The largest absolute Gasteiger partial charge is 0.496 e. The molecular formula is C23H24N4O3. The lowest BCUT2D eigenvalue weighted by Crippen LogP contribution is -2.36. The van der Waals surface area contributed by atoms with Crippen molar-refractivity contribution < 1.29 is 14.3 Å². The van der Waals surface area contributed by atoms with E-state index in [1.807, 2.05) is 60.7 Å². The summed E-state index contributed by atoms with van der Waals surface area (Å²) in [7, 11) is 1.60. The van der Waals surface area contributed by atoms with Crippen LogP contribution in [0.3, 0.4) is 0 Å². The zero-order chi connectivity index (χ0) is 20.8. The SMILES string of the molecule is COc1ccccc1CC(=O)Nc1cccc(-c2ccc(N3CCOCC3)nn2)c1. The number of anilines is 2. The van der Waals surface area contributed by atoms with Gasteiger partial charge in [0, 0.05) is 29.9 Å². The van der Waals surface area contributed by atoms with Gasteiger partial charge in [-0.2, -0.15) is 0 Å². The molecule has 1 aliphatic heterocycles. The summed E-state index contributed by atoms with van der Waals surface area (Å²) < 4.78 is 10.7. The molecule has 1 fully saturated rings. The minimum absolute atomic E-state index is 0.106. The van der Waals surface area contributed by atoms with Gasteiger partial charge in [-0.1, -0.05) is 30.3 Å². The van der Waals surface area contributed by atoms with Crippen LogP contribution >= 0.6 is 0 Å². The van der Waals surface area contributed by atoms with Gasteiger partial charge in [0.2, 0.25) is 5.91 Å². The predicted molar refractivity (Wildman–Crippen MR) is 116 cm³/mol. The molecule has 1 saturated heterocycles. The number of hydrogen-bond acceptors (Lipinski definition) is 6. The molecule has 4 rings (SSSR count). The van der Waals surface area contributed by atoms with Crippen molar-refractivity contribution in [2.75, 3.05) is 43.6 Å². The van der Waals surface area contributed by atoms with E-state index in [0.29, 0.717) is 24.7 Å². The average Bonchev–Trinajstić information content (AvgIpc) is 2.80. The molecule has 1 N–H and O–H groups in total. The van der Waals surface area contributed by atoms with Crippen LogP contribution in [-0.2, 0) is 16.0 Å². The maximum absolute atomic E-state index is 12.5. The molecule has 0 spiro atoms. The zero-order valence-corrected chi connectivity index (χ0v) is 16.9. The lowest BCUT2D eigenvalue weighted by Gasteiger charge is -2.27. The topological polar surface area (TPSA) is 76.6 Å². The van der Waals surface area contributed by atoms with Gasteiger partial charge in [-0.3, -0.25) is 4.79 Å². The van der Waals surface area contributed by atoms with Crippen LogP contribution in [0.2, 0.25) is 0 Å². The number of methoxy groups -OCH3 is 1. The van der Waals surface area contributed by atoms with Crippen LogP contribution in [-0.4, -0.2) is 49.5 Å². The van der Waals surface area contributed by atoms with Crippen LogP contribution < -0.4 is 15.0 Å². The van der Waals surface area contributed by atoms with E-state index in [2.05, 4.69) is 20.4 Å². The third-order valence-electron chi connectivity index (χ3n) is 4.97. The number of ether oxygens (including phenoxy) is 2. The van der Waals surface area contributed by atoms with Crippen molar-refractivity contribution in [1.29, 1.82) is 0 Å². The second-order valence-corrected chi connectivity index (χ2v) is 6.99. The summed E-state index contributed by atoms with van der Waals surface area (Å²) in [4.78, 5) is 14.7. The summed E-state index contributed by atoms with van der Waals surface area (Å²) >= 11 is 0. The summed E-state index contributed by atoms with van der Waals surface area (Å²) in [6, 6.07) is 19.1. The van der Waals surface area contributed by atoms with Crippen molar-refractivity contribution in [1.82, 2.24) is 10.2 Å². The number of rotatable bonds is 6. The molecule has 0 aliphatic carbocycles. The number of hydrogen-bond donors (Lipinski definition) is 1. The minimum atomic E-state index is -0.106. The summed E-state index contributed by atoms with van der Waals surface area (Å²) in [5.41, 5.74) is 3.21. The standard InChI is InChI=1S/C23H24N4O3/c1-29-21-8-3-2-5-18(21)16-23(28)24-19-7-4-6-17(15-19)20-9-10-22(26-25-20)27-11-13-30-14-12-27/h2-10,15H,11-14,16H2,1H3,(H,24,28). The van der Waals surface area contributed by atoms with E-state index in [0.717, 1.165) is 35.7 Å². The third-order valence-corrected chi connectivity index (χ3v) is 4.97. The zero-order valence-electron chi connectivity index (χ0n) is 16.9. The lowest BCUT2D eigenvalue weighted by molar-refractivity contribution is -0.115. The number of para-hydroxylation sites is 1. The number of aromatic nitrogens is 2. The lowest BCUT2D eigenvalue weighted by atomic mass is 10.1. The molecule has 3 aromatic rings. The Hall–Kier alpha value is -3.45. The summed E-state index contributed by atoms with van der Waals surface area (Å²) in [6.45, 7) is 3.06. The molecule has 0 saturated carbocycles. The number of nitrogens with zero attached hydrogens (tertiary/aromatic N) is 3. The Labute approximate surface area is 175 Å². The Balaban J connectivity index is 1.44. The van der Waals surface area contributed by atoms with Crippen molar-refractivity contribution in [2.45, 2.75) is 6.42 Å². The maximum atomic E-state index is 12.5. The molecule has 1 amide bonds. The molecule has 0 radical (unpaired) electrons. The van der Waals surface area contributed by atoms with Crippen molar-refractivity contribution in [3.8, 4) is 17.0 Å². The fourth-order valence-electron chi connectivity index (χ4n) is 3.42. The summed E-state index contributed by atoms with van der Waals surface area (Å²) in [5.74, 6) is 1.45. The van der Waals surface area contributed by atoms with Crippen molar-refractivity contribution in [3.05, 3.63) is 66.2 Å². The number of benzene rings is 2. The number of morpholine rings is 1. The number of carbonyl (C=O) groups is 1. The molecule has 154 valence electrons. The van der Waals surface area contributed by atoms with E-state index >= 15 is 0 Å². The minimum Gasteiger partial charge on any atom is -0.496 e. The smallest absolute Gasteiger partial charge is 0.228 e. The van der Waals surface area contributed by atoms with Gasteiger partial charge in [0.1, 0.15) is 5.75 Å². The molecule has 1 aromatic heterocycles. The Kier molecular flexibility index (Phi) is 6.20. The molecule has 0 bridgehead atoms. The Morgan fingerprint density at radius 2 is 1.90 bits per heavy atom.